The number of hydrogen-bond donors (Lipinski definition) is 3. The topological polar surface area (TPSA) is 109 Å². The molecule has 0 unspecified atom stereocenters. The van der Waals surface area contributed by atoms with Crippen LogP contribution in [0.15, 0.2) is 35.7 Å². The molecule has 0 spiro atoms. The molecule has 0 atom stereocenters. The number of nitrogens with one attached hydrogen (secondary N) is 1. The number of hydrogen-bond acceptors (Lipinski definition) is 4. The van der Waals surface area contributed by atoms with Gasteiger partial charge in [-0.15, -0.1) is 6.58 Å². The summed E-state index contributed by atoms with van der Waals surface area (Å²) in [7, 11) is -3.73. The molecule has 0 saturated heterocycles. The van der Waals surface area contributed by atoms with Crippen molar-refractivity contribution in [1.82, 2.24) is 4.72 Å². The monoisotopic (exact) mass is 256 g/mol. The molecular formula is C10H12N2O4S. The fraction of sp³-hybridized carbons (Fsp3) is 0.100. The molecule has 0 saturated carbocycles. The zero-order valence-electron chi connectivity index (χ0n) is 8.88. The van der Waals surface area contributed by atoms with Crippen molar-refractivity contribution in [1.29, 1.82) is 0 Å². The van der Waals surface area contributed by atoms with Gasteiger partial charge in [0, 0.05) is 6.54 Å². The van der Waals surface area contributed by atoms with E-state index in [1.54, 1.807) is 0 Å². The van der Waals surface area contributed by atoms with E-state index in [2.05, 4.69) is 11.3 Å². The fourth-order valence-corrected chi connectivity index (χ4v) is 2.28. The molecule has 1 aromatic carbocycles. The summed E-state index contributed by atoms with van der Waals surface area (Å²) in [5.74, 6) is -1.17. The van der Waals surface area contributed by atoms with Crippen molar-refractivity contribution in [2.45, 2.75) is 4.90 Å². The van der Waals surface area contributed by atoms with Crippen LogP contribution in [0.25, 0.3) is 0 Å². The Labute approximate surface area is 98.8 Å². The van der Waals surface area contributed by atoms with Crippen molar-refractivity contribution < 1.29 is 18.3 Å². The Kier molecular flexibility index (Phi) is 3.87. The minimum atomic E-state index is -3.73. The molecule has 0 fully saturated rings. The Bertz CT molecular complexity index is 551. The van der Waals surface area contributed by atoms with Crippen molar-refractivity contribution >= 4 is 21.7 Å². The predicted octanol–water partition coefficient (Wildman–Crippen LogP) is 0.431. The van der Waals surface area contributed by atoms with Gasteiger partial charge in [0.2, 0.25) is 10.0 Å². The average Bonchev–Trinajstić information content (AvgIpc) is 2.25. The summed E-state index contributed by atoms with van der Waals surface area (Å²) in [4.78, 5) is 10.5. The van der Waals surface area contributed by atoms with Gasteiger partial charge >= 0.3 is 5.97 Å². The second-order valence-corrected chi connectivity index (χ2v) is 4.93. The van der Waals surface area contributed by atoms with E-state index < -0.39 is 16.0 Å². The van der Waals surface area contributed by atoms with Gasteiger partial charge in [-0.25, -0.2) is 17.9 Å². The lowest BCUT2D eigenvalue weighted by Crippen LogP contribution is -2.24. The van der Waals surface area contributed by atoms with Crippen LogP contribution in [-0.4, -0.2) is 26.0 Å². The van der Waals surface area contributed by atoms with Gasteiger partial charge in [-0.05, 0) is 18.2 Å². The highest BCUT2D eigenvalue weighted by Crippen LogP contribution is 2.19. The van der Waals surface area contributed by atoms with Crippen LogP contribution in [0.1, 0.15) is 10.4 Å². The highest BCUT2D eigenvalue weighted by atomic mass is 32.2. The maximum Gasteiger partial charge on any atom is 0.335 e. The summed E-state index contributed by atoms with van der Waals surface area (Å²) in [5, 5.41) is 8.71. The van der Waals surface area contributed by atoms with Crippen LogP contribution in [0.3, 0.4) is 0 Å². The quantitative estimate of drug-likeness (QED) is 0.523. The molecule has 7 heteroatoms. The lowest BCUT2D eigenvalue weighted by atomic mass is 10.2. The van der Waals surface area contributed by atoms with Crippen LogP contribution in [0.4, 0.5) is 5.69 Å². The van der Waals surface area contributed by atoms with Crippen LogP contribution >= 0.6 is 0 Å². The maximum atomic E-state index is 11.7. The van der Waals surface area contributed by atoms with Gasteiger partial charge in [0.1, 0.15) is 4.90 Å². The van der Waals surface area contributed by atoms with E-state index >= 15 is 0 Å². The highest BCUT2D eigenvalue weighted by molar-refractivity contribution is 7.89. The first kappa shape index (κ1) is 13.2. The Balaban J connectivity index is 3.16. The van der Waals surface area contributed by atoms with Crippen LogP contribution < -0.4 is 10.5 Å². The molecule has 0 bridgehead atoms. The third-order valence-corrected chi connectivity index (χ3v) is 3.46. The van der Waals surface area contributed by atoms with Gasteiger partial charge in [-0.3, -0.25) is 0 Å². The van der Waals surface area contributed by atoms with Crippen molar-refractivity contribution in [2.75, 3.05) is 12.3 Å². The molecule has 1 aromatic rings. The molecule has 0 aliphatic heterocycles. The zero-order valence-corrected chi connectivity index (χ0v) is 9.70. The normalized spacial score (nSPS) is 11.1. The van der Waals surface area contributed by atoms with E-state index in [-0.39, 0.29) is 22.7 Å². The van der Waals surface area contributed by atoms with Gasteiger partial charge in [0.05, 0.1) is 11.3 Å². The molecule has 0 aliphatic carbocycles. The van der Waals surface area contributed by atoms with Gasteiger partial charge in [-0.1, -0.05) is 6.08 Å². The van der Waals surface area contributed by atoms with Crippen LogP contribution in [0, 0.1) is 0 Å². The molecule has 0 aromatic heterocycles. The number of nitrogen functional groups attached to an aromatic ring is 1. The minimum Gasteiger partial charge on any atom is -0.478 e. The van der Waals surface area contributed by atoms with Crippen LogP contribution in [0.5, 0.6) is 0 Å². The number of anilines is 1. The summed E-state index contributed by atoms with van der Waals surface area (Å²) < 4.78 is 25.7. The third-order valence-electron chi connectivity index (χ3n) is 1.96. The van der Waals surface area contributed by atoms with Crippen LogP contribution in [-0.2, 0) is 10.0 Å². The molecule has 92 valence electrons. The first-order valence-corrected chi connectivity index (χ1v) is 6.10. The summed E-state index contributed by atoms with van der Waals surface area (Å²) in [6, 6.07) is 3.44. The first-order chi connectivity index (χ1) is 7.88. The van der Waals surface area contributed by atoms with Gasteiger partial charge in [0.25, 0.3) is 0 Å². The number of carbonyl (C=O) groups is 1. The second kappa shape index (κ2) is 4.98. The number of sulfonamides is 1. The van der Waals surface area contributed by atoms with Crippen molar-refractivity contribution in [3.05, 3.63) is 36.4 Å². The van der Waals surface area contributed by atoms with E-state index in [0.717, 1.165) is 12.1 Å². The molecule has 4 N–H and O–H groups in total. The highest BCUT2D eigenvalue weighted by Gasteiger charge is 2.17. The summed E-state index contributed by atoms with van der Waals surface area (Å²) in [6.07, 6.45) is 1.39. The molecule has 1 rings (SSSR count). The maximum absolute atomic E-state index is 11.7. The fourth-order valence-electron chi connectivity index (χ4n) is 1.17. The summed E-state index contributed by atoms with van der Waals surface area (Å²) in [5.41, 5.74) is 5.33. The number of carboxylic acid groups (broad SMARTS) is 1. The standard InChI is InChI=1S/C10H12N2O4S/c1-2-5-12-17(15,16)9-4-3-7(10(13)14)6-8(9)11/h2-4,6,12H,1,5,11H2,(H,13,14). The molecule has 0 amide bonds. The summed E-state index contributed by atoms with van der Waals surface area (Å²) >= 11 is 0. The van der Waals surface area contributed by atoms with Crippen LogP contribution in [0.2, 0.25) is 0 Å². The smallest absolute Gasteiger partial charge is 0.335 e. The number of aromatic carboxylic acids is 1. The van der Waals surface area contributed by atoms with E-state index in [4.69, 9.17) is 10.8 Å². The van der Waals surface area contributed by atoms with Crippen molar-refractivity contribution in [2.24, 2.45) is 0 Å². The number of benzene rings is 1. The predicted molar refractivity (Wildman–Crippen MR) is 63.2 cm³/mol. The van der Waals surface area contributed by atoms with E-state index in [0.29, 0.717) is 0 Å². The largest absolute Gasteiger partial charge is 0.478 e. The Morgan fingerprint density at radius 3 is 2.65 bits per heavy atom. The summed E-state index contributed by atoms with van der Waals surface area (Å²) in [6.45, 7) is 3.45. The minimum absolute atomic E-state index is 0.0647. The average molecular weight is 256 g/mol. The number of rotatable bonds is 5. The van der Waals surface area contributed by atoms with E-state index in [1.807, 2.05) is 0 Å². The lowest BCUT2D eigenvalue weighted by molar-refractivity contribution is 0.0697. The molecule has 0 heterocycles. The Morgan fingerprint density at radius 2 is 2.18 bits per heavy atom. The van der Waals surface area contributed by atoms with Gasteiger partial charge in [-0.2, -0.15) is 0 Å². The van der Waals surface area contributed by atoms with Gasteiger partial charge in [0.15, 0.2) is 0 Å². The molecular weight excluding hydrogens is 244 g/mol. The molecule has 17 heavy (non-hydrogen) atoms. The molecule has 0 aliphatic rings. The van der Waals surface area contributed by atoms with Crippen molar-refractivity contribution in [3.63, 3.8) is 0 Å². The lowest BCUT2D eigenvalue weighted by Gasteiger charge is -2.08. The molecule has 0 radical (unpaired) electrons. The Hall–Kier alpha value is -1.86. The van der Waals surface area contributed by atoms with Crippen molar-refractivity contribution in [3.8, 4) is 0 Å². The molecule has 6 nitrogen and oxygen atoms in total. The SMILES string of the molecule is C=CCNS(=O)(=O)c1ccc(C(=O)O)cc1N. The number of carboxylic acids is 1. The zero-order chi connectivity index (χ0) is 13.1. The number of nitrogens with two attached hydrogens (primary N) is 1. The third kappa shape index (κ3) is 3.05. The Morgan fingerprint density at radius 1 is 1.53 bits per heavy atom. The van der Waals surface area contributed by atoms with E-state index in [1.165, 1.54) is 12.1 Å². The second-order valence-electron chi connectivity index (χ2n) is 3.20. The van der Waals surface area contributed by atoms with E-state index in [9.17, 15) is 13.2 Å². The first-order valence-electron chi connectivity index (χ1n) is 4.62. The van der Waals surface area contributed by atoms with Gasteiger partial charge < -0.3 is 10.8 Å².